The van der Waals surface area contributed by atoms with Gasteiger partial charge in [0.2, 0.25) is 11.6 Å². The minimum absolute atomic E-state index is 0.0274. The topological polar surface area (TPSA) is 117 Å². The van der Waals surface area contributed by atoms with Crippen LogP contribution in [0.1, 0.15) is 171 Å². The van der Waals surface area contributed by atoms with Crippen molar-refractivity contribution in [2.24, 2.45) is 11.8 Å². The first-order valence-electron chi connectivity index (χ1n) is 25.4. The van der Waals surface area contributed by atoms with Gasteiger partial charge in [0, 0.05) is 23.5 Å². The minimum atomic E-state index is -0.725. The van der Waals surface area contributed by atoms with E-state index in [2.05, 4.69) is 55.7 Å². The van der Waals surface area contributed by atoms with Crippen LogP contribution in [0.25, 0.3) is 0 Å². The number of fused-ring (bicyclic) bond motifs is 2. The van der Waals surface area contributed by atoms with E-state index in [4.69, 9.17) is 9.47 Å². The highest BCUT2D eigenvalue weighted by atomic mass is 19.1. The molecule has 6 aromatic rings. The second kappa shape index (κ2) is 21.4. The zero-order valence-electron chi connectivity index (χ0n) is 40.2. The fourth-order valence-corrected chi connectivity index (χ4v) is 10.9. The number of benzene rings is 6. The molecule has 358 valence electrons. The predicted octanol–water partition coefficient (Wildman–Crippen LogP) is 16.6. The van der Waals surface area contributed by atoms with Crippen LogP contribution in [-0.2, 0) is 6.42 Å². The first-order chi connectivity index (χ1) is 33.6. The van der Waals surface area contributed by atoms with Crippen LogP contribution >= 0.6 is 0 Å². The summed E-state index contributed by atoms with van der Waals surface area (Å²) in [6, 6.07) is 32.0. The third-order valence-electron chi connectivity index (χ3n) is 15.0. The SMILES string of the molecule is CCCCC1CCC(c2ccc(Oc3cc(Nc4ccc(F)cc4)c4c(c3O)C(=O)c3c(Nc5ccc(CC)cc5)cc(Oc5ccc(C6CCC(CCCC)CC6)cc5)c(O)c3C4=O)cc2)CC1. The third kappa shape index (κ3) is 10.5. The van der Waals surface area contributed by atoms with Gasteiger partial charge in [-0.05, 0) is 159 Å². The standard InChI is InChI=1S/C60H65FN2O6/c1-4-7-9-38-11-17-40(18-12-38)42-21-31-47(32-22-42)68-51-35-49(62-45-27-15-37(6-3)16-28-45)53-55(57(51)64)60(67)54-50(63-46-29-25-44(61)26-30-46)36-52(58(65)56(54)59(53)66)69-48-33-23-43(24-34-48)41-19-13-39(14-20-41)10-8-5-2/h15-16,21-36,38-41,62-65H,4-14,17-20H2,1-3H3. The van der Waals surface area contributed by atoms with Gasteiger partial charge in [-0.2, -0.15) is 0 Å². The van der Waals surface area contributed by atoms with Gasteiger partial charge < -0.3 is 30.3 Å². The largest absolute Gasteiger partial charge is 0.504 e. The maximum Gasteiger partial charge on any atom is 0.200 e. The number of nitrogens with one attached hydrogen (secondary N) is 2. The molecule has 0 aliphatic heterocycles. The van der Waals surface area contributed by atoms with E-state index in [9.17, 15) is 14.6 Å². The smallest absolute Gasteiger partial charge is 0.200 e. The van der Waals surface area contributed by atoms with E-state index in [0.29, 0.717) is 34.7 Å². The van der Waals surface area contributed by atoms with Gasteiger partial charge in [0.15, 0.2) is 23.0 Å². The lowest BCUT2D eigenvalue weighted by Gasteiger charge is -2.29. The average molecular weight is 929 g/mol. The predicted molar refractivity (Wildman–Crippen MR) is 273 cm³/mol. The van der Waals surface area contributed by atoms with Crippen molar-refractivity contribution in [3.63, 3.8) is 0 Å². The van der Waals surface area contributed by atoms with Crippen molar-refractivity contribution >= 4 is 34.3 Å². The Morgan fingerprint density at radius 3 is 1.29 bits per heavy atom. The molecule has 3 aliphatic rings. The summed E-state index contributed by atoms with van der Waals surface area (Å²) in [5, 5.41) is 30.8. The third-order valence-corrected chi connectivity index (χ3v) is 15.0. The van der Waals surface area contributed by atoms with E-state index in [1.165, 1.54) is 112 Å². The summed E-state index contributed by atoms with van der Waals surface area (Å²) >= 11 is 0. The zero-order valence-corrected chi connectivity index (χ0v) is 40.2. The maximum absolute atomic E-state index is 15.2. The van der Waals surface area contributed by atoms with E-state index in [1.54, 1.807) is 0 Å². The first-order valence-corrected chi connectivity index (χ1v) is 25.4. The Kier molecular flexibility index (Phi) is 14.7. The summed E-state index contributed by atoms with van der Waals surface area (Å²) in [5.74, 6) is 0.419. The molecule has 2 saturated carbocycles. The Balaban J connectivity index is 1.06. The molecule has 3 aliphatic carbocycles. The van der Waals surface area contributed by atoms with Crippen molar-refractivity contribution < 1.29 is 33.7 Å². The van der Waals surface area contributed by atoms with E-state index in [0.717, 1.165) is 49.5 Å². The number of halogens is 1. The second-order valence-corrected chi connectivity index (χ2v) is 19.6. The summed E-state index contributed by atoms with van der Waals surface area (Å²) in [7, 11) is 0. The van der Waals surface area contributed by atoms with E-state index >= 15 is 9.59 Å². The highest BCUT2D eigenvalue weighted by Crippen LogP contribution is 2.51. The number of aromatic hydroxyl groups is 2. The Labute approximate surface area is 406 Å². The molecule has 9 heteroatoms. The summed E-state index contributed by atoms with van der Waals surface area (Å²) < 4.78 is 26.9. The number of carbonyl (C=O) groups excluding carboxylic acids is 2. The molecule has 0 bridgehead atoms. The molecule has 0 amide bonds. The molecule has 0 spiro atoms. The number of carbonyl (C=O) groups is 2. The van der Waals surface area contributed by atoms with Crippen LogP contribution in [0.3, 0.4) is 0 Å². The molecule has 4 N–H and O–H groups in total. The van der Waals surface area contributed by atoms with E-state index in [-0.39, 0.29) is 45.1 Å². The quantitative estimate of drug-likeness (QED) is 0.0667. The van der Waals surface area contributed by atoms with Gasteiger partial charge in [-0.1, -0.05) is 95.7 Å². The number of ketones is 2. The Bertz CT molecular complexity index is 2750. The fourth-order valence-electron chi connectivity index (χ4n) is 10.9. The van der Waals surface area contributed by atoms with Crippen LogP contribution in [0.5, 0.6) is 34.5 Å². The van der Waals surface area contributed by atoms with Gasteiger partial charge >= 0.3 is 0 Å². The van der Waals surface area contributed by atoms with Gasteiger partial charge in [0.05, 0.1) is 33.6 Å². The monoisotopic (exact) mass is 928 g/mol. The molecule has 9 rings (SSSR count). The van der Waals surface area contributed by atoms with Gasteiger partial charge in [-0.25, -0.2) is 4.39 Å². The molecule has 0 unspecified atom stereocenters. The van der Waals surface area contributed by atoms with Crippen LogP contribution in [-0.4, -0.2) is 21.8 Å². The molecule has 0 heterocycles. The molecular weight excluding hydrogens is 864 g/mol. The van der Waals surface area contributed by atoms with Crippen LogP contribution in [0, 0.1) is 17.7 Å². The molecule has 6 aromatic carbocycles. The molecule has 0 radical (unpaired) electrons. The second-order valence-electron chi connectivity index (χ2n) is 19.6. The van der Waals surface area contributed by atoms with E-state index < -0.39 is 28.9 Å². The van der Waals surface area contributed by atoms with Gasteiger partial charge in [-0.15, -0.1) is 0 Å². The number of hydrogen-bond acceptors (Lipinski definition) is 8. The van der Waals surface area contributed by atoms with Crippen LogP contribution in [0.2, 0.25) is 0 Å². The average Bonchev–Trinajstić information content (AvgIpc) is 3.37. The van der Waals surface area contributed by atoms with Crippen molar-refractivity contribution in [1.82, 2.24) is 0 Å². The Hall–Kier alpha value is -6.61. The number of phenols is 2. The minimum Gasteiger partial charge on any atom is -0.504 e. The molecule has 2 fully saturated rings. The number of rotatable bonds is 17. The molecule has 0 saturated heterocycles. The molecular formula is C60H65FN2O6. The number of aryl methyl sites for hydroxylation is 1. The lowest BCUT2D eigenvalue weighted by atomic mass is 9.77. The van der Waals surface area contributed by atoms with E-state index in [1.807, 2.05) is 48.5 Å². The van der Waals surface area contributed by atoms with Crippen molar-refractivity contribution in [2.75, 3.05) is 10.6 Å². The first kappa shape index (κ1) is 47.5. The Morgan fingerprint density at radius 2 is 0.913 bits per heavy atom. The lowest BCUT2D eigenvalue weighted by Crippen LogP contribution is -2.24. The van der Waals surface area contributed by atoms with Gasteiger partial charge in [0.1, 0.15) is 17.3 Å². The van der Waals surface area contributed by atoms with Crippen LogP contribution in [0.15, 0.2) is 109 Å². The van der Waals surface area contributed by atoms with Crippen LogP contribution < -0.4 is 20.1 Å². The molecule has 69 heavy (non-hydrogen) atoms. The zero-order chi connectivity index (χ0) is 48.0. The number of hydrogen-bond donors (Lipinski definition) is 4. The number of ether oxygens (including phenoxy) is 2. The maximum atomic E-state index is 15.2. The summed E-state index contributed by atoms with van der Waals surface area (Å²) in [6.45, 7) is 6.56. The van der Waals surface area contributed by atoms with Crippen molar-refractivity contribution in [1.29, 1.82) is 0 Å². The highest BCUT2D eigenvalue weighted by Gasteiger charge is 2.41. The summed E-state index contributed by atoms with van der Waals surface area (Å²) in [4.78, 5) is 30.4. The molecule has 0 aromatic heterocycles. The van der Waals surface area contributed by atoms with Crippen LogP contribution in [0.4, 0.5) is 27.1 Å². The summed E-state index contributed by atoms with van der Waals surface area (Å²) in [6.07, 6.45) is 18.0. The lowest BCUT2D eigenvalue weighted by molar-refractivity contribution is 0.0974. The summed E-state index contributed by atoms with van der Waals surface area (Å²) in [5.41, 5.74) is 4.11. The van der Waals surface area contributed by atoms with Crippen molar-refractivity contribution in [2.45, 2.75) is 129 Å². The molecule has 8 nitrogen and oxygen atoms in total. The normalized spacial score (nSPS) is 18.8. The van der Waals surface area contributed by atoms with Crippen molar-refractivity contribution in [3.8, 4) is 34.5 Å². The number of anilines is 4. The van der Waals surface area contributed by atoms with Gasteiger partial charge in [-0.3, -0.25) is 9.59 Å². The number of unbranched alkanes of at least 4 members (excludes halogenated alkanes) is 2. The number of phenolic OH excluding ortho intramolecular Hbond substituents is 2. The van der Waals surface area contributed by atoms with Gasteiger partial charge in [0.25, 0.3) is 0 Å². The highest BCUT2D eigenvalue weighted by molar-refractivity contribution is 6.34. The molecule has 0 atom stereocenters. The Morgan fingerprint density at radius 1 is 0.522 bits per heavy atom. The fraction of sp³-hybridized carbons (Fsp3) is 0.367. The van der Waals surface area contributed by atoms with Crippen molar-refractivity contribution in [3.05, 3.63) is 154 Å².